The Morgan fingerprint density at radius 3 is 1.65 bits per heavy atom. The van der Waals surface area contributed by atoms with E-state index in [1.807, 2.05) is 12.2 Å². The van der Waals surface area contributed by atoms with Gasteiger partial charge in [0.1, 0.15) is 0 Å². The van der Waals surface area contributed by atoms with Gasteiger partial charge >= 0.3 is 11.9 Å². The van der Waals surface area contributed by atoms with E-state index < -0.39 is 28.2 Å². The van der Waals surface area contributed by atoms with Crippen LogP contribution in [-0.2, 0) is 24.5 Å². The van der Waals surface area contributed by atoms with Crippen LogP contribution < -0.4 is 0 Å². The van der Waals surface area contributed by atoms with Crippen molar-refractivity contribution in [3.8, 4) is 0 Å². The van der Waals surface area contributed by atoms with Crippen LogP contribution in [0.1, 0.15) is 36.1 Å². The Morgan fingerprint density at radius 1 is 0.742 bits per heavy atom. The maximum absolute atomic E-state index is 13.8. The van der Waals surface area contributed by atoms with Gasteiger partial charge in [0.2, 0.25) is 0 Å². The molecule has 0 bridgehead atoms. The predicted octanol–water partition coefficient (Wildman–Crippen LogP) is 4.76. The molecule has 0 amide bonds. The molecule has 0 radical (unpaired) electrons. The van der Waals surface area contributed by atoms with Crippen LogP contribution in [-0.4, -0.2) is 25.2 Å². The molecule has 7 rings (SSSR count). The zero-order valence-corrected chi connectivity index (χ0v) is 17.3. The number of allylic oxidation sites excluding steroid dienone is 2. The van der Waals surface area contributed by atoms with Crippen molar-refractivity contribution in [2.45, 2.75) is 19.3 Å². The molecule has 31 heavy (non-hydrogen) atoms. The first kappa shape index (κ1) is 17.3. The van der Waals surface area contributed by atoms with Crippen molar-refractivity contribution in [3.63, 3.8) is 0 Å². The normalized spacial score (nSPS) is 20.3. The Bertz CT molecular complexity index is 1360. The van der Waals surface area contributed by atoms with E-state index >= 15 is 0 Å². The van der Waals surface area contributed by atoms with Gasteiger partial charge < -0.3 is 9.47 Å². The van der Waals surface area contributed by atoms with Gasteiger partial charge in [-0.2, -0.15) is 0 Å². The molecule has 152 valence electrons. The van der Waals surface area contributed by atoms with Crippen LogP contribution in [0.25, 0.3) is 33.7 Å². The number of carbonyl (C=O) groups is 2. The maximum Gasteiger partial charge on any atom is 0.326 e. The van der Waals surface area contributed by atoms with E-state index in [2.05, 4.69) is 48.6 Å². The maximum atomic E-state index is 13.8. The third-order valence-electron chi connectivity index (χ3n) is 7.94. The highest BCUT2D eigenvalue weighted by Crippen LogP contribution is 2.88. The lowest BCUT2D eigenvalue weighted by Gasteiger charge is -2.28. The molecule has 3 aromatic carbocycles. The summed E-state index contributed by atoms with van der Waals surface area (Å²) in [6.07, 6.45) is 8.21. The molecule has 0 atom stereocenters. The van der Waals surface area contributed by atoms with E-state index in [4.69, 9.17) is 9.47 Å². The van der Waals surface area contributed by atoms with Crippen LogP contribution >= 0.6 is 0 Å². The van der Waals surface area contributed by atoms with E-state index in [0.29, 0.717) is 0 Å². The largest absolute Gasteiger partial charge is 0.465 e. The fraction of sp³-hybridized carbons (Fsp3) is 0.259. The molecule has 0 N–H and O–H groups in total. The van der Waals surface area contributed by atoms with Crippen LogP contribution in [0.2, 0.25) is 0 Å². The number of hydrogen-bond donors (Lipinski definition) is 0. The monoisotopic (exact) mass is 408 g/mol. The molecule has 1 spiro atoms. The topological polar surface area (TPSA) is 52.6 Å². The van der Waals surface area contributed by atoms with Gasteiger partial charge in [0.15, 0.2) is 5.41 Å². The van der Waals surface area contributed by atoms with Gasteiger partial charge in [0.25, 0.3) is 0 Å². The summed E-state index contributed by atoms with van der Waals surface area (Å²) in [6.45, 7) is 3.97. The van der Waals surface area contributed by atoms with Gasteiger partial charge in [0, 0.05) is 0 Å². The van der Waals surface area contributed by atoms with Gasteiger partial charge in [-0.25, -0.2) is 0 Å². The van der Waals surface area contributed by atoms with E-state index in [1.54, 1.807) is 13.8 Å². The standard InChI is InChI=1S/C27H20O4/c1-3-30-23(28)27(24(29)31-4-2)25-13-11-17-9-7-15-5-6-16-8-10-18(12-14-25)22-20(16)19(15)21(17)26(22,25)27/h5-14H,3-4H2,1-2H3. The average Bonchev–Trinajstić information content (AvgIpc) is 3.23. The van der Waals surface area contributed by atoms with E-state index in [0.717, 1.165) is 43.8 Å². The first-order chi connectivity index (χ1) is 15.1. The fourth-order valence-electron chi connectivity index (χ4n) is 7.08. The summed E-state index contributed by atoms with van der Waals surface area (Å²) < 4.78 is 11.2. The van der Waals surface area contributed by atoms with Gasteiger partial charge in [0.05, 0.1) is 24.0 Å². The number of ether oxygens (including phenoxy) is 2. The SMILES string of the molecule is CCOC(=O)C1(C(=O)OCC)C23C=Cc4ccc5ccc6ccc(c7c6c5c4C721)C=C3. The summed E-state index contributed by atoms with van der Waals surface area (Å²) in [4.78, 5) is 27.6. The molecule has 0 aliphatic heterocycles. The van der Waals surface area contributed by atoms with Crippen molar-refractivity contribution < 1.29 is 19.1 Å². The van der Waals surface area contributed by atoms with Crippen LogP contribution in [0.3, 0.4) is 0 Å². The number of hydrogen-bond acceptors (Lipinski definition) is 4. The van der Waals surface area contributed by atoms with Crippen molar-refractivity contribution >= 4 is 45.6 Å². The van der Waals surface area contributed by atoms with Crippen LogP contribution in [0.15, 0.2) is 48.6 Å². The number of esters is 2. The van der Waals surface area contributed by atoms with Crippen LogP contribution in [0.4, 0.5) is 0 Å². The summed E-state index contributed by atoms with van der Waals surface area (Å²) in [6, 6.07) is 12.7. The minimum absolute atomic E-state index is 0.209. The van der Waals surface area contributed by atoms with Gasteiger partial charge in [-0.1, -0.05) is 60.7 Å². The predicted molar refractivity (Wildman–Crippen MR) is 118 cm³/mol. The molecule has 0 unspecified atom stereocenters. The minimum atomic E-state index is -1.46. The second-order valence-electron chi connectivity index (χ2n) is 8.80. The van der Waals surface area contributed by atoms with Gasteiger partial charge in [-0.15, -0.1) is 0 Å². The smallest absolute Gasteiger partial charge is 0.326 e. The summed E-state index contributed by atoms with van der Waals surface area (Å²) in [7, 11) is 0. The summed E-state index contributed by atoms with van der Waals surface area (Å²) in [5.74, 6) is -0.990. The number of benzene rings is 3. The molecule has 0 heterocycles. The number of carbonyl (C=O) groups excluding carboxylic acids is 2. The Kier molecular flexibility index (Phi) is 2.83. The van der Waals surface area contributed by atoms with Gasteiger partial charge in [-0.3, -0.25) is 9.59 Å². The molecule has 0 saturated heterocycles. The average molecular weight is 408 g/mol. The van der Waals surface area contributed by atoms with E-state index in [9.17, 15) is 9.59 Å². The van der Waals surface area contributed by atoms with Crippen molar-refractivity contribution in [2.24, 2.45) is 10.8 Å². The Morgan fingerprint density at radius 2 is 1.19 bits per heavy atom. The molecular weight excluding hydrogens is 388 g/mol. The van der Waals surface area contributed by atoms with E-state index in [1.165, 1.54) is 0 Å². The van der Waals surface area contributed by atoms with Crippen molar-refractivity contribution in [3.05, 3.63) is 70.8 Å². The lowest BCUT2D eigenvalue weighted by molar-refractivity contribution is -0.166. The Hall–Kier alpha value is -3.40. The Balaban J connectivity index is 1.72. The molecule has 1 saturated carbocycles. The molecular formula is C27H20O4. The lowest BCUT2D eigenvalue weighted by Crippen LogP contribution is -2.38. The summed E-state index contributed by atoms with van der Waals surface area (Å²) in [5.41, 5.74) is 1.16. The highest BCUT2D eigenvalue weighted by atomic mass is 16.6. The Labute approximate surface area is 179 Å². The molecule has 0 aromatic heterocycles. The second kappa shape index (κ2) is 5.08. The van der Waals surface area contributed by atoms with E-state index in [-0.39, 0.29) is 13.2 Å². The van der Waals surface area contributed by atoms with Gasteiger partial charge in [-0.05, 0) is 57.6 Å². The van der Waals surface area contributed by atoms with Crippen molar-refractivity contribution in [2.75, 3.05) is 13.2 Å². The first-order valence-electron chi connectivity index (χ1n) is 10.9. The zero-order chi connectivity index (χ0) is 21.2. The molecule has 4 aliphatic rings. The molecule has 4 heteroatoms. The lowest BCUT2D eigenvalue weighted by atomic mass is 9.73. The third-order valence-corrected chi connectivity index (χ3v) is 7.94. The highest BCUT2D eigenvalue weighted by molar-refractivity contribution is 6.25. The first-order valence-corrected chi connectivity index (χ1v) is 10.9. The second-order valence-corrected chi connectivity index (χ2v) is 8.80. The van der Waals surface area contributed by atoms with Crippen LogP contribution in [0, 0.1) is 10.8 Å². The molecule has 3 aromatic rings. The summed E-state index contributed by atoms with van der Waals surface area (Å²) in [5, 5.41) is 4.56. The van der Waals surface area contributed by atoms with Crippen molar-refractivity contribution in [1.29, 1.82) is 0 Å². The van der Waals surface area contributed by atoms with Crippen molar-refractivity contribution in [1.82, 2.24) is 0 Å². The quantitative estimate of drug-likeness (QED) is 0.355. The zero-order valence-electron chi connectivity index (χ0n) is 17.3. The van der Waals surface area contributed by atoms with Crippen LogP contribution in [0.5, 0.6) is 0 Å². The third kappa shape index (κ3) is 1.42. The number of rotatable bonds is 4. The molecule has 4 aliphatic carbocycles. The highest BCUT2D eigenvalue weighted by Gasteiger charge is 2.97. The molecule has 4 nitrogen and oxygen atoms in total. The minimum Gasteiger partial charge on any atom is -0.465 e. The fourth-order valence-corrected chi connectivity index (χ4v) is 7.08. The summed E-state index contributed by atoms with van der Waals surface area (Å²) >= 11 is 0. The molecule has 1 fully saturated rings.